The van der Waals surface area contributed by atoms with Gasteiger partial charge >= 0.3 is 6.03 Å². The third-order valence-corrected chi connectivity index (χ3v) is 3.46. The first-order valence-electron chi connectivity index (χ1n) is 7.55. The van der Waals surface area contributed by atoms with Gasteiger partial charge < -0.3 is 15.1 Å². The number of benzene rings is 2. The predicted molar refractivity (Wildman–Crippen MR) is 90.7 cm³/mol. The Morgan fingerprint density at radius 3 is 2.08 bits per heavy atom. The first-order chi connectivity index (χ1) is 11.3. The fourth-order valence-electron chi connectivity index (χ4n) is 2.26. The van der Waals surface area contributed by atoms with Crippen molar-refractivity contribution in [3.63, 3.8) is 0 Å². The van der Waals surface area contributed by atoms with Crippen LogP contribution in [0.2, 0.25) is 0 Å². The zero-order valence-electron chi connectivity index (χ0n) is 14.0. The summed E-state index contributed by atoms with van der Waals surface area (Å²) in [4.78, 5) is 15.6. The molecule has 2 rings (SSSR count). The summed E-state index contributed by atoms with van der Waals surface area (Å²) in [6.45, 7) is 1.23. The Bertz CT molecular complexity index is 702. The molecular weight excluding hydrogens is 312 g/mol. The Hall–Kier alpha value is -2.47. The number of anilines is 1. The molecule has 0 aliphatic rings. The molecule has 0 fully saturated rings. The Labute approximate surface area is 140 Å². The molecule has 0 atom stereocenters. The van der Waals surface area contributed by atoms with E-state index in [0.29, 0.717) is 6.54 Å². The molecule has 6 heteroatoms. The second-order valence-electron chi connectivity index (χ2n) is 5.96. The van der Waals surface area contributed by atoms with Crippen LogP contribution in [0.3, 0.4) is 0 Å². The Kier molecular flexibility index (Phi) is 5.87. The minimum atomic E-state index is -0.801. The van der Waals surface area contributed by atoms with Gasteiger partial charge in [-0.25, -0.2) is 13.6 Å². The lowest BCUT2D eigenvalue weighted by atomic mass is 10.1. The number of hydrogen-bond donors (Lipinski definition) is 1. The first kappa shape index (κ1) is 17.9. The number of halogens is 2. The molecule has 1 N–H and O–H groups in total. The lowest BCUT2D eigenvalue weighted by molar-refractivity contribution is 0.220. The molecule has 2 aromatic rings. The van der Waals surface area contributed by atoms with E-state index in [2.05, 4.69) is 10.2 Å². The molecule has 2 amide bonds. The minimum Gasteiger partial charge on any atom is -0.323 e. The van der Waals surface area contributed by atoms with Crippen molar-refractivity contribution in [1.82, 2.24) is 9.80 Å². The van der Waals surface area contributed by atoms with Crippen LogP contribution in [0, 0.1) is 11.6 Å². The van der Waals surface area contributed by atoms with E-state index in [4.69, 9.17) is 0 Å². The van der Waals surface area contributed by atoms with E-state index in [1.807, 2.05) is 38.4 Å². The molecule has 0 aliphatic heterocycles. The molecule has 0 saturated heterocycles. The number of hydrogen-bond acceptors (Lipinski definition) is 2. The zero-order valence-corrected chi connectivity index (χ0v) is 14.0. The number of nitrogens with zero attached hydrogens (tertiary/aromatic N) is 2. The number of urea groups is 1. The second-order valence-corrected chi connectivity index (χ2v) is 5.96. The third-order valence-electron chi connectivity index (χ3n) is 3.46. The van der Waals surface area contributed by atoms with Gasteiger partial charge in [-0.2, -0.15) is 0 Å². The van der Waals surface area contributed by atoms with Gasteiger partial charge in [-0.15, -0.1) is 0 Å². The van der Waals surface area contributed by atoms with Crippen molar-refractivity contribution in [3.05, 3.63) is 65.2 Å². The smallest absolute Gasteiger partial charge is 0.321 e. The Morgan fingerprint density at radius 2 is 1.54 bits per heavy atom. The first-order valence-corrected chi connectivity index (χ1v) is 7.55. The lowest BCUT2D eigenvalue weighted by Gasteiger charge is -2.19. The van der Waals surface area contributed by atoms with Gasteiger partial charge in [-0.3, -0.25) is 0 Å². The van der Waals surface area contributed by atoms with Crippen LogP contribution < -0.4 is 5.32 Å². The molecule has 4 nitrogen and oxygen atoms in total. The van der Waals surface area contributed by atoms with Crippen molar-refractivity contribution < 1.29 is 13.6 Å². The van der Waals surface area contributed by atoms with E-state index in [0.717, 1.165) is 24.2 Å². The molecule has 24 heavy (non-hydrogen) atoms. The highest BCUT2D eigenvalue weighted by Gasteiger charge is 2.12. The van der Waals surface area contributed by atoms with E-state index in [1.54, 1.807) is 7.05 Å². The van der Waals surface area contributed by atoms with Crippen molar-refractivity contribution in [2.45, 2.75) is 13.1 Å². The van der Waals surface area contributed by atoms with E-state index in [9.17, 15) is 13.6 Å². The maximum absolute atomic E-state index is 13.6. The van der Waals surface area contributed by atoms with E-state index in [-0.39, 0.29) is 5.69 Å². The molecule has 0 bridgehead atoms. The summed E-state index contributed by atoms with van der Waals surface area (Å²) in [7, 11) is 5.62. The van der Waals surface area contributed by atoms with Crippen molar-refractivity contribution >= 4 is 11.7 Å². The second kappa shape index (κ2) is 7.88. The lowest BCUT2D eigenvalue weighted by Crippen LogP contribution is -2.31. The maximum atomic E-state index is 13.6. The number of nitrogens with one attached hydrogen (secondary N) is 1. The van der Waals surface area contributed by atoms with Gasteiger partial charge in [0.1, 0.15) is 11.6 Å². The summed E-state index contributed by atoms with van der Waals surface area (Å²) < 4.78 is 26.4. The molecule has 0 radical (unpaired) electrons. The van der Waals surface area contributed by atoms with Gasteiger partial charge in [-0.05, 0) is 37.4 Å². The molecular formula is C18H21F2N3O. The standard InChI is InChI=1S/C18H21F2N3O/c1-22(2)11-13-4-6-14(7-5-13)12-23(3)18(24)21-17-9-8-15(19)10-16(17)20/h4-10H,11-12H2,1-3H3,(H,21,24). The van der Waals surface area contributed by atoms with Crippen molar-refractivity contribution in [1.29, 1.82) is 0 Å². The highest BCUT2D eigenvalue weighted by molar-refractivity contribution is 5.89. The third kappa shape index (κ3) is 5.03. The number of carbonyl (C=O) groups excluding carboxylic acids is 1. The van der Waals surface area contributed by atoms with Crippen LogP contribution in [0.5, 0.6) is 0 Å². The SMILES string of the molecule is CN(C)Cc1ccc(CN(C)C(=O)Nc2ccc(F)cc2F)cc1. The summed E-state index contributed by atoms with van der Waals surface area (Å²) in [6.07, 6.45) is 0. The van der Waals surface area contributed by atoms with Gasteiger partial charge in [0.15, 0.2) is 0 Å². The zero-order chi connectivity index (χ0) is 17.7. The van der Waals surface area contributed by atoms with Crippen LogP contribution in [0.25, 0.3) is 0 Å². The summed E-state index contributed by atoms with van der Waals surface area (Å²) in [5, 5.41) is 2.43. The average molecular weight is 333 g/mol. The quantitative estimate of drug-likeness (QED) is 0.906. The highest BCUT2D eigenvalue weighted by atomic mass is 19.1. The Balaban J connectivity index is 1.95. The summed E-state index contributed by atoms with van der Waals surface area (Å²) in [5.41, 5.74) is 2.11. The monoisotopic (exact) mass is 333 g/mol. The van der Waals surface area contributed by atoms with E-state index in [1.165, 1.54) is 16.5 Å². The van der Waals surface area contributed by atoms with Crippen LogP contribution >= 0.6 is 0 Å². The minimum absolute atomic E-state index is 0.0467. The molecule has 0 heterocycles. The van der Waals surface area contributed by atoms with Crippen molar-refractivity contribution in [3.8, 4) is 0 Å². The topological polar surface area (TPSA) is 35.6 Å². The van der Waals surface area contributed by atoms with Crippen LogP contribution in [0.4, 0.5) is 19.3 Å². The number of rotatable bonds is 5. The van der Waals surface area contributed by atoms with Crippen LogP contribution in [-0.4, -0.2) is 37.0 Å². The van der Waals surface area contributed by atoms with Gasteiger partial charge in [0, 0.05) is 26.2 Å². The molecule has 128 valence electrons. The van der Waals surface area contributed by atoms with Gasteiger partial charge in [0.05, 0.1) is 5.69 Å². The number of amides is 2. The van der Waals surface area contributed by atoms with Gasteiger partial charge in [-0.1, -0.05) is 24.3 Å². The van der Waals surface area contributed by atoms with Crippen LogP contribution in [0.15, 0.2) is 42.5 Å². The van der Waals surface area contributed by atoms with Gasteiger partial charge in [0.25, 0.3) is 0 Å². The van der Waals surface area contributed by atoms with E-state index >= 15 is 0 Å². The normalized spacial score (nSPS) is 10.8. The predicted octanol–water partition coefficient (Wildman–Crippen LogP) is 3.69. The molecule has 0 unspecified atom stereocenters. The highest BCUT2D eigenvalue weighted by Crippen LogP contribution is 2.16. The van der Waals surface area contributed by atoms with Crippen LogP contribution in [0.1, 0.15) is 11.1 Å². The molecule has 0 spiro atoms. The molecule has 0 aliphatic carbocycles. The van der Waals surface area contributed by atoms with Crippen molar-refractivity contribution in [2.75, 3.05) is 26.5 Å². The summed E-state index contributed by atoms with van der Waals surface area (Å²) in [5.74, 6) is -1.48. The van der Waals surface area contributed by atoms with Crippen LogP contribution in [-0.2, 0) is 13.1 Å². The van der Waals surface area contributed by atoms with Crippen molar-refractivity contribution in [2.24, 2.45) is 0 Å². The van der Waals surface area contributed by atoms with E-state index < -0.39 is 17.7 Å². The largest absolute Gasteiger partial charge is 0.323 e. The van der Waals surface area contributed by atoms with Gasteiger partial charge in [0.2, 0.25) is 0 Å². The molecule has 2 aromatic carbocycles. The molecule has 0 aromatic heterocycles. The fourth-order valence-corrected chi connectivity index (χ4v) is 2.26. The molecule has 0 saturated carbocycles. The summed E-state index contributed by atoms with van der Waals surface area (Å²) in [6, 6.07) is 10.5. The number of carbonyl (C=O) groups is 1. The average Bonchev–Trinajstić information content (AvgIpc) is 2.51. The Morgan fingerprint density at radius 1 is 0.958 bits per heavy atom. The fraction of sp³-hybridized carbons (Fsp3) is 0.278. The maximum Gasteiger partial charge on any atom is 0.321 e. The summed E-state index contributed by atoms with van der Waals surface area (Å²) >= 11 is 0.